The monoisotopic (exact) mass is 207 g/mol. The standard InChI is InChI=1S/C6H7N.C6H10O2/c1-6-2-4-7-5-3-6;1-2-8-6(7)5-3-4-5/h2-5H,1H3;5H,2-4H2,1H3. The summed E-state index contributed by atoms with van der Waals surface area (Å²) in [4.78, 5) is 14.4. The van der Waals surface area contributed by atoms with Gasteiger partial charge in [-0.3, -0.25) is 9.78 Å². The Morgan fingerprint density at radius 3 is 2.40 bits per heavy atom. The molecule has 0 spiro atoms. The first kappa shape index (κ1) is 11.7. The number of aryl methyl sites for hydroxylation is 1. The average Bonchev–Trinajstić information content (AvgIpc) is 3.03. The van der Waals surface area contributed by atoms with Gasteiger partial charge in [-0.2, -0.15) is 0 Å². The lowest BCUT2D eigenvalue weighted by Gasteiger charge is -1.95. The van der Waals surface area contributed by atoms with Gasteiger partial charge in [0.25, 0.3) is 0 Å². The molecule has 15 heavy (non-hydrogen) atoms. The lowest BCUT2D eigenvalue weighted by molar-refractivity contribution is -0.144. The molecular weight excluding hydrogens is 190 g/mol. The minimum absolute atomic E-state index is 0.00694. The van der Waals surface area contributed by atoms with Gasteiger partial charge in [-0.05, 0) is 44.4 Å². The number of hydrogen-bond donors (Lipinski definition) is 0. The number of rotatable bonds is 2. The van der Waals surface area contributed by atoms with Gasteiger partial charge in [-0.15, -0.1) is 0 Å². The molecule has 0 bridgehead atoms. The van der Waals surface area contributed by atoms with Gasteiger partial charge in [0.05, 0.1) is 12.5 Å². The van der Waals surface area contributed by atoms with E-state index in [0.29, 0.717) is 6.61 Å². The van der Waals surface area contributed by atoms with Crippen LogP contribution in [0.1, 0.15) is 25.3 Å². The summed E-state index contributed by atoms with van der Waals surface area (Å²) in [6, 6.07) is 3.94. The Bertz CT molecular complexity index is 294. The summed E-state index contributed by atoms with van der Waals surface area (Å²) in [6.45, 7) is 4.40. The molecule has 0 atom stereocenters. The molecule has 1 heterocycles. The molecule has 0 saturated heterocycles. The van der Waals surface area contributed by atoms with Crippen LogP contribution in [-0.4, -0.2) is 17.6 Å². The number of hydrogen-bond acceptors (Lipinski definition) is 3. The van der Waals surface area contributed by atoms with Crippen LogP contribution in [0.2, 0.25) is 0 Å². The van der Waals surface area contributed by atoms with Crippen LogP contribution in [-0.2, 0) is 9.53 Å². The molecule has 0 radical (unpaired) electrons. The molecule has 1 aliphatic rings. The van der Waals surface area contributed by atoms with E-state index >= 15 is 0 Å². The van der Waals surface area contributed by atoms with E-state index in [-0.39, 0.29) is 11.9 Å². The minimum atomic E-state index is -0.00694. The minimum Gasteiger partial charge on any atom is -0.466 e. The second kappa shape index (κ2) is 6.17. The normalized spacial score (nSPS) is 13.7. The molecule has 0 aliphatic heterocycles. The molecule has 3 heteroatoms. The molecule has 82 valence electrons. The van der Waals surface area contributed by atoms with Gasteiger partial charge < -0.3 is 4.74 Å². The summed E-state index contributed by atoms with van der Waals surface area (Å²) in [7, 11) is 0. The van der Waals surface area contributed by atoms with Crippen molar-refractivity contribution in [2.75, 3.05) is 6.61 Å². The van der Waals surface area contributed by atoms with Crippen molar-refractivity contribution in [2.24, 2.45) is 5.92 Å². The molecule has 1 aromatic heterocycles. The van der Waals surface area contributed by atoms with Crippen LogP contribution in [0.3, 0.4) is 0 Å². The van der Waals surface area contributed by atoms with Crippen LogP contribution in [0, 0.1) is 12.8 Å². The summed E-state index contributed by atoms with van der Waals surface area (Å²) < 4.78 is 4.73. The Morgan fingerprint density at radius 2 is 2.07 bits per heavy atom. The number of ether oxygens (including phenoxy) is 1. The Hall–Kier alpha value is -1.38. The molecule has 0 aromatic carbocycles. The molecule has 1 aromatic rings. The van der Waals surface area contributed by atoms with Crippen LogP contribution in [0.5, 0.6) is 0 Å². The molecule has 0 amide bonds. The number of pyridine rings is 1. The van der Waals surface area contributed by atoms with Crippen molar-refractivity contribution in [3.8, 4) is 0 Å². The van der Waals surface area contributed by atoms with E-state index in [1.807, 2.05) is 26.0 Å². The van der Waals surface area contributed by atoms with E-state index in [1.165, 1.54) is 5.56 Å². The summed E-state index contributed by atoms with van der Waals surface area (Å²) in [5.41, 5.74) is 1.26. The fraction of sp³-hybridized carbons (Fsp3) is 0.500. The zero-order chi connectivity index (χ0) is 11.1. The maximum Gasteiger partial charge on any atom is 0.308 e. The van der Waals surface area contributed by atoms with Crippen LogP contribution in [0.15, 0.2) is 24.5 Å². The topological polar surface area (TPSA) is 39.2 Å². The van der Waals surface area contributed by atoms with Crippen molar-refractivity contribution in [3.05, 3.63) is 30.1 Å². The first-order chi connectivity index (χ1) is 7.24. The number of carbonyl (C=O) groups excluding carboxylic acids is 1. The fourth-order valence-corrected chi connectivity index (χ4v) is 1.01. The SMILES string of the molecule is CCOC(=O)C1CC1.Cc1ccncc1. The van der Waals surface area contributed by atoms with E-state index in [1.54, 1.807) is 12.4 Å². The first-order valence-electron chi connectivity index (χ1n) is 5.27. The third-order valence-corrected chi connectivity index (χ3v) is 2.04. The highest BCUT2D eigenvalue weighted by Crippen LogP contribution is 2.29. The fourth-order valence-electron chi connectivity index (χ4n) is 1.01. The second-order valence-corrected chi connectivity index (χ2v) is 3.55. The highest BCUT2D eigenvalue weighted by molar-refractivity contribution is 5.74. The third-order valence-electron chi connectivity index (χ3n) is 2.04. The lowest BCUT2D eigenvalue weighted by atomic mass is 10.3. The van der Waals surface area contributed by atoms with Gasteiger partial charge in [0.2, 0.25) is 0 Å². The Balaban J connectivity index is 0.000000151. The predicted octanol–water partition coefficient (Wildman–Crippen LogP) is 2.35. The molecular formula is C12H17NO2. The number of carbonyl (C=O) groups is 1. The molecule has 1 saturated carbocycles. The zero-order valence-corrected chi connectivity index (χ0v) is 9.27. The third kappa shape index (κ3) is 5.15. The van der Waals surface area contributed by atoms with Gasteiger partial charge in [0.15, 0.2) is 0 Å². The second-order valence-electron chi connectivity index (χ2n) is 3.55. The van der Waals surface area contributed by atoms with E-state index in [9.17, 15) is 4.79 Å². The van der Waals surface area contributed by atoms with Crippen molar-refractivity contribution in [1.29, 1.82) is 0 Å². The summed E-state index contributed by atoms with van der Waals surface area (Å²) in [5, 5.41) is 0. The highest BCUT2D eigenvalue weighted by Gasteiger charge is 2.30. The maximum atomic E-state index is 10.6. The molecule has 1 aliphatic carbocycles. The van der Waals surface area contributed by atoms with Gasteiger partial charge in [0, 0.05) is 12.4 Å². The van der Waals surface area contributed by atoms with Crippen molar-refractivity contribution >= 4 is 5.97 Å². The average molecular weight is 207 g/mol. The first-order valence-corrected chi connectivity index (χ1v) is 5.27. The molecule has 0 N–H and O–H groups in total. The van der Waals surface area contributed by atoms with E-state index in [2.05, 4.69) is 4.98 Å². The summed E-state index contributed by atoms with van der Waals surface area (Å²) >= 11 is 0. The van der Waals surface area contributed by atoms with Gasteiger partial charge in [-0.25, -0.2) is 0 Å². The van der Waals surface area contributed by atoms with E-state index < -0.39 is 0 Å². The molecule has 3 nitrogen and oxygen atoms in total. The van der Waals surface area contributed by atoms with Crippen molar-refractivity contribution in [3.63, 3.8) is 0 Å². The largest absolute Gasteiger partial charge is 0.466 e. The van der Waals surface area contributed by atoms with E-state index in [0.717, 1.165) is 12.8 Å². The maximum absolute atomic E-state index is 10.6. The van der Waals surface area contributed by atoms with E-state index in [4.69, 9.17) is 4.74 Å². The highest BCUT2D eigenvalue weighted by atomic mass is 16.5. The van der Waals surface area contributed by atoms with Gasteiger partial charge >= 0.3 is 5.97 Å². The molecule has 1 fully saturated rings. The number of aromatic nitrogens is 1. The zero-order valence-electron chi connectivity index (χ0n) is 9.27. The van der Waals surface area contributed by atoms with Crippen molar-refractivity contribution < 1.29 is 9.53 Å². The Labute approximate surface area is 90.5 Å². The smallest absolute Gasteiger partial charge is 0.308 e. The van der Waals surface area contributed by atoms with Crippen LogP contribution in [0.25, 0.3) is 0 Å². The van der Waals surface area contributed by atoms with Crippen LogP contribution >= 0.6 is 0 Å². The molecule has 0 unspecified atom stereocenters. The summed E-state index contributed by atoms with van der Waals surface area (Å²) in [5.74, 6) is 0.252. The van der Waals surface area contributed by atoms with Crippen LogP contribution in [0.4, 0.5) is 0 Å². The summed E-state index contributed by atoms with van der Waals surface area (Å²) in [6.07, 6.45) is 5.66. The Morgan fingerprint density at radius 1 is 1.47 bits per heavy atom. The molecule has 2 rings (SSSR count). The Kier molecular flexibility index (Phi) is 4.81. The van der Waals surface area contributed by atoms with Crippen molar-refractivity contribution in [1.82, 2.24) is 4.98 Å². The number of esters is 1. The van der Waals surface area contributed by atoms with Gasteiger partial charge in [-0.1, -0.05) is 0 Å². The van der Waals surface area contributed by atoms with Crippen molar-refractivity contribution in [2.45, 2.75) is 26.7 Å². The van der Waals surface area contributed by atoms with Gasteiger partial charge in [0.1, 0.15) is 0 Å². The number of nitrogens with zero attached hydrogens (tertiary/aromatic N) is 1. The lowest BCUT2D eigenvalue weighted by Crippen LogP contribution is -2.04. The van der Waals surface area contributed by atoms with Crippen LogP contribution < -0.4 is 0 Å². The quantitative estimate of drug-likeness (QED) is 0.699. The predicted molar refractivity (Wildman–Crippen MR) is 58.3 cm³/mol.